The zero-order valence-electron chi connectivity index (χ0n) is 18.1. The van der Waals surface area contributed by atoms with Gasteiger partial charge < -0.3 is 15.2 Å². The second kappa shape index (κ2) is 9.52. The number of aromatic nitrogens is 1. The van der Waals surface area contributed by atoms with E-state index in [4.69, 9.17) is 9.72 Å². The molecule has 0 radical (unpaired) electrons. The number of rotatable bonds is 5. The van der Waals surface area contributed by atoms with Crippen molar-refractivity contribution in [3.63, 3.8) is 0 Å². The Bertz CT molecular complexity index is 1270. The lowest BCUT2D eigenvalue weighted by Crippen LogP contribution is -2.41. The summed E-state index contributed by atoms with van der Waals surface area (Å²) in [6.45, 7) is 1.52. The number of phenols is 1. The molecule has 4 rings (SSSR count). The number of amides is 3. The van der Waals surface area contributed by atoms with E-state index in [1.54, 1.807) is 25.1 Å². The maximum absolute atomic E-state index is 13.1. The Morgan fingerprint density at radius 3 is 2.61 bits per heavy atom. The summed E-state index contributed by atoms with van der Waals surface area (Å²) in [5, 5.41) is 14.7. The van der Waals surface area contributed by atoms with Gasteiger partial charge in [-0.15, -0.1) is 0 Å². The number of esters is 1. The Morgan fingerprint density at radius 2 is 1.85 bits per heavy atom. The highest BCUT2D eigenvalue weighted by molar-refractivity contribution is 6.08. The molecule has 1 aliphatic carbocycles. The van der Waals surface area contributed by atoms with Crippen LogP contribution in [0.2, 0.25) is 0 Å². The molecule has 1 heterocycles. The van der Waals surface area contributed by atoms with Crippen molar-refractivity contribution in [1.29, 1.82) is 0 Å². The van der Waals surface area contributed by atoms with Crippen molar-refractivity contribution in [2.75, 3.05) is 13.2 Å². The summed E-state index contributed by atoms with van der Waals surface area (Å²) >= 11 is 0. The molecule has 1 aromatic heterocycles. The fraction of sp³-hybridized carbons (Fsp3) is 0.200. The molecule has 0 atom stereocenters. The van der Waals surface area contributed by atoms with Gasteiger partial charge in [0.1, 0.15) is 5.75 Å². The first-order valence-electron chi connectivity index (χ1n) is 10.6. The highest BCUT2D eigenvalue weighted by Gasteiger charge is 2.28. The van der Waals surface area contributed by atoms with Gasteiger partial charge in [-0.3, -0.25) is 10.1 Å². The van der Waals surface area contributed by atoms with Crippen molar-refractivity contribution in [2.45, 2.75) is 19.8 Å². The van der Waals surface area contributed by atoms with Crippen LogP contribution in [0.15, 0.2) is 48.5 Å². The number of urea groups is 1. The summed E-state index contributed by atoms with van der Waals surface area (Å²) in [4.78, 5) is 41.3. The highest BCUT2D eigenvalue weighted by Crippen LogP contribution is 2.37. The van der Waals surface area contributed by atoms with Gasteiger partial charge in [0.25, 0.3) is 5.91 Å². The topological polar surface area (TPSA) is 118 Å². The Balaban J connectivity index is 1.65. The second-order valence-electron chi connectivity index (χ2n) is 7.58. The van der Waals surface area contributed by atoms with E-state index >= 15 is 0 Å². The first-order chi connectivity index (χ1) is 16.0. The number of hydrogen-bond donors (Lipinski definition) is 3. The molecule has 0 bridgehead atoms. The third-order valence-electron chi connectivity index (χ3n) is 5.30. The van der Waals surface area contributed by atoms with Gasteiger partial charge in [-0.1, -0.05) is 30.3 Å². The first-order valence-corrected chi connectivity index (χ1v) is 10.6. The zero-order chi connectivity index (χ0) is 23.4. The number of carbonyl (C=O) groups excluding carboxylic acids is 3. The number of benzene rings is 2. The molecule has 2 aromatic carbocycles. The van der Waals surface area contributed by atoms with Crippen LogP contribution in [0.1, 0.15) is 40.5 Å². The molecular formula is C25H23N3O5. The SMILES string of the molecule is CCNC(=O)NC(=O)COC(=O)c1c2c(nc3ccccc13)/C(=C/c1ccc(O)cc1)CC2. The van der Waals surface area contributed by atoms with Gasteiger partial charge in [0.2, 0.25) is 0 Å². The minimum Gasteiger partial charge on any atom is -0.508 e. The van der Waals surface area contributed by atoms with E-state index < -0.39 is 24.5 Å². The van der Waals surface area contributed by atoms with Gasteiger partial charge in [-0.25, -0.2) is 14.6 Å². The number of fused-ring (bicyclic) bond motifs is 2. The van der Waals surface area contributed by atoms with Crippen molar-refractivity contribution < 1.29 is 24.2 Å². The van der Waals surface area contributed by atoms with Crippen molar-refractivity contribution in [3.8, 4) is 5.75 Å². The lowest BCUT2D eigenvalue weighted by atomic mass is 10.0. The van der Waals surface area contributed by atoms with Crippen LogP contribution in [-0.4, -0.2) is 41.1 Å². The van der Waals surface area contributed by atoms with Gasteiger partial charge in [0, 0.05) is 11.9 Å². The zero-order valence-corrected chi connectivity index (χ0v) is 18.1. The minimum atomic E-state index is -0.711. The van der Waals surface area contributed by atoms with E-state index in [2.05, 4.69) is 10.6 Å². The number of phenolic OH excluding ortho intramolecular Hbond substituents is 1. The summed E-state index contributed by atoms with van der Waals surface area (Å²) < 4.78 is 5.26. The van der Waals surface area contributed by atoms with Crippen LogP contribution in [0.25, 0.3) is 22.6 Å². The maximum atomic E-state index is 13.1. The third-order valence-corrected chi connectivity index (χ3v) is 5.30. The molecule has 8 heteroatoms. The van der Waals surface area contributed by atoms with Crippen molar-refractivity contribution >= 4 is 40.5 Å². The molecule has 3 aromatic rings. The molecule has 3 amide bonds. The van der Waals surface area contributed by atoms with Gasteiger partial charge in [-0.2, -0.15) is 0 Å². The summed E-state index contributed by atoms with van der Waals surface area (Å²) in [6.07, 6.45) is 3.28. The van der Waals surface area contributed by atoms with Gasteiger partial charge in [-0.05, 0) is 60.7 Å². The molecule has 0 spiro atoms. The number of nitrogens with zero attached hydrogens (tertiary/aromatic N) is 1. The van der Waals surface area contributed by atoms with Gasteiger partial charge in [0.05, 0.1) is 16.8 Å². The predicted molar refractivity (Wildman–Crippen MR) is 124 cm³/mol. The maximum Gasteiger partial charge on any atom is 0.339 e. The van der Waals surface area contributed by atoms with Crippen molar-refractivity contribution in [2.24, 2.45) is 0 Å². The molecule has 0 fully saturated rings. The van der Waals surface area contributed by atoms with Crippen LogP contribution in [0.4, 0.5) is 4.79 Å². The van der Waals surface area contributed by atoms with E-state index in [1.165, 1.54) is 0 Å². The largest absolute Gasteiger partial charge is 0.508 e. The predicted octanol–water partition coefficient (Wildman–Crippen LogP) is 3.43. The van der Waals surface area contributed by atoms with E-state index in [-0.39, 0.29) is 5.75 Å². The number of carbonyl (C=O) groups is 3. The monoisotopic (exact) mass is 445 g/mol. The molecule has 33 heavy (non-hydrogen) atoms. The number of ether oxygens (including phenoxy) is 1. The van der Waals surface area contributed by atoms with E-state index in [1.807, 2.05) is 36.4 Å². The number of pyridine rings is 1. The van der Waals surface area contributed by atoms with Crippen LogP contribution in [0.5, 0.6) is 5.75 Å². The summed E-state index contributed by atoms with van der Waals surface area (Å²) in [6, 6.07) is 13.5. The van der Waals surface area contributed by atoms with E-state index in [0.29, 0.717) is 35.9 Å². The lowest BCUT2D eigenvalue weighted by molar-refractivity contribution is -0.123. The van der Waals surface area contributed by atoms with Crippen molar-refractivity contribution in [3.05, 3.63) is 70.9 Å². The normalized spacial score (nSPS) is 13.5. The molecule has 168 valence electrons. The quantitative estimate of drug-likeness (QED) is 0.518. The standard InChI is InChI=1S/C25H23N3O5/c1-2-26-25(32)28-21(30)14-33-24(31)22-18-5-3-4-6-20(18)27-23-16(9-12-19(22)23)13-15-7-10-17(29)11-8-15/h3-8,10-11,13,29H,2,9,12,14H2,1H3,(H2,26,28,30,32)/b16-13+. The highest BCUT2D eigenvalue weighted by atomic mass is 16.5. The van der Waals surface area contributed by atoms with Crippen LogP contribution in [0, 0.1) is 0 Å². The van der Waals surface area contributed by atoms with Crippen LogP contribution in [0.3, 0.4) is 0 Å². The smallest absolute Gasteiger partial charge is 0.339 e. The number of imide groups is 1. The molecule has 0 aliphatic heterocycles. The third kappa shape index (κ3) is 4.85. The summed E-state index contributed by atoms with van der Waals surface area (Å²) in [5.41, 5.74) is 4.42. The first kappa shape index (κ1) is 22.0. The average Bonchev–Trinajstić information content (AvgIpc) is 3.19. The molecule has 0 saturated carbocycles. The lowest BCUT2D eigenvalue weighted by Gasteiger charge is -2.12. The van der Waals surface area contributed by atoms with Gasteiger partial charge in [0.15, 0.2) is 6.61 Å². The Labute approximate surface area is 190 Å². The fourth-order valence-electron chi connectivity index (χ4n) is 3.85. The summed E-state index contributed by atoms with van der Waals surface area (Å²) in [7, 11) is 0. The molecule has 0 saturated heterocycles. The number of nitrogens with one attached hydrogen (secondary N) is 2. The molecule has 8 nitrogen and oxygen atoms in total. The van der Waals surface area contributed by atoms with E-state index in [9.17, 15) is 19.5 Å². The molecular weight excluding hydrogens is 422 g/mol. The Hall–Kier alpha value is -4.20. The molecule has 1 aliphatic rings. The number of allylic oxidation sites excluding steroid dienone is 1. The average molecular weight is 445 g/mol. The molecule has 0 unspecified atom stereocenters. The fourth-order valence-corrected chi connectivity index (χ4v) is 3.85. The second-order valence-corrected chi connectivity index (χ2v) is 7.58. The number of aromatic hydroxyl groups is 1. The van der Waals surface area contributed by atoms with Crippen molar-refractivity contribution in [1.82, 2.24) is 15.6 Å². The van der Waals surface area contributed by atoms with Crippen LogP contribution >= 0.6 is 0 Å². The van der Waals surface area contributed by atoms with Gasteiger partial charge >= 0.3 is 12.0 Å². The number of para-hydroxylation sites is 1. The Kier molecular flexibility index (Phi) is 6.35. The van der Waals surface area contributed by atoms with E-state index in [0.717, 1.165) is 22.4 Å². The van der Waals surface area contributed by atoms with Crippen LogP contribution in [-0.2, 0) is 16.0 Å². The summed E-state index contributed by atoms with van der Waals surface area (Å²) in [5.74, 6) is -1.16. The molecule has 3 N–H and O–H groups in total. The minimum absolute atomic E-state index is 0.189. The van der Waals surface area contributed by atoms with Crippen LogP contribution < -0.4 is 10.6 Å². The Morgan fingerprint density at radius 1 is 1.09 bits per heavy atom. The number of hydrogen-bond acceptors (Lipinski definition) is 6.